The number of pyridine rings is 1. The number of carbonyl (C=O) groups excluding carboxylic acids is 2. The SMILES string of the molecule is COc1ccc(C2CCC(N3CC(NC(=O)CNC(=O)c4cccc(C(F)(F)F)c4)C3)CC2)nc1. The maximum atomic E-state index is 12.8. The van der Waals surface area contributed by atoms with Crippen molar-refractivity contribution in [1.29, 1.82) is 0 Å². The fourth-order valence-electron chi connectivity index (χ4n) is 4.77. The molecule has 0 unspecified atom stereocenters. The Labute approximate surface area is 202 Å². The van der Waals surface area contributed by atoms with Gasteiger partial charge in [0.05, 0.1) is 31.5 Å². The molecule has 1 aliphatic heterocycles. The number of alkyl halides is 3. The fourth-order valence-corrected chi connectivity index (χ4v) is 4.77. The van der Waals surface area contributed by atoms with Gasteiger partial charge in [0.15, 0.2) is 0 Å². The van der Waals surface area contributed by atoms with Crippen LogP contribution in [0.25, 0.3) is 0 Å². The summed E-state index contributed by atoms with van der Waals surface area (Å²) >= 11 is 0. The number of carbonyl (C=O) groups is 2. The lowest BCUT2D eigenvalue weighted by molar-refractivity contribution is -0.137. The van der Waals surface area contributed by atoms with Crippen LogP contribution >= 0.6 is 0 Å². The minimum Gasteiger partial charge on any atom is -0.495 e. The lowest BCUT2D eigenvalue weighted by Gasteiger charge is -2.46. The number of halogens is 3. The zero-order valence-corrected chi connectivity index (χ0v) is 19.5. The highest BCUT2D eigenvalue weighted by Crippen LogP contribution is 2.35. The van der Waals surface area contributed by atoms with Crippen LogP contribution < -0.4 is 15.4 Å². The number of nitrogens with one attached hydrogen (secondary N) is 2. The van der Waals surface area contributed by atoms with Gasteiger partial charge in [-0.05, 0) is 56.0 Å². The molecule has 2 heterocycles. The summed E-state index contributed by atoms with van der Waals surface area (Å²) in [6.07, 6.45) is 1.51. The van der Waals surface area contributed by atoms with E-state index in [4.69, 9.17) is 4.74 Å². The number of nitrogens with zero attached hydrogens (tertiary/aromatic N) is 2. The number of amides is 2. The van der Waals surface area contributed by atoms with Crippen molar-refractivity contribution in [2.24, 2.45) is 0 Å². The summed E-state index contributed by atoms with van der Waals surface area (Å²) in [6, 6.07) is 8.59. The summed E-state index contributed by atoms with van der Waals surface area (Å²) in [4.78, 5) is 31.2. The van der Waals surface area contributed by atoms with Gasteiger partial charge in [-0.25, -0.2) is 0 Å². The van der Waals surface area contributed by atoms with Crippen molar-refractivity contribution in [3.05, 3.63) is 59.4 Å². The number of ether oxygens (including phenoxy) is 1. The second-order valence-electron chi connectivity index (χ2n) is 9.11. The Morgan fingerprint density at radius 1 is 1.11 bits per heavy atom. The van der Waals surface area contributed by atoms with Crippen LogP contribution in [0.15, 0.2) is 42.6 Å². The van der Waals surface area contributed by atoms with Gasteiger partial charge >= 0.3 is 6.18 Å². The van der Waals surface area contributed by atoms with E-state index >= 15 is 0 Å². The Bertz CT molecular complexity index is 1030. The summed E-state index contributed by atoms with van der Waals surface area (Å²) in [7, 11) is 1.63. The number of benzene rings is 1. The van der Waals surface area contributed by atoms with Crippen LogP contribution in [-0.2, 0) is 11.0 Å². The average molecular weight is 491 g/mol. The Morgan fingerprint density at radius 3 is 2.49 bits per heavy atom. The maximum Gasteiger partial charge on any atom is 0.416 e. The number of likely N-dealkylation sites (tertiary alicyclic amines) is 1. The molecule has 2 aromatic rings. The van der Waals surface area contributed by atoms with E-state index in [-0.39, 0.29) is 24.1 Å². The van der Waals surface area contributed by atoms with Crippen molar-refractivity contribution < 1.29 is 27.5 Å². The zero-order valence-electron chi connectivity index (χ0n) is 19.5. The summed E-state index contributed by atoms with van der Waals surface area (Å²) in [5, 5.41) is 5.26. The Morgan fingerprint density at radius 2 is 1.86 bits per heavy atom. The molecule has 7 nitrogen and oxygen atoms in total. The highest BCUT2D eigenvalue weighted by Gasteiger charge is 2.36. The minimum absolute atomic E-state index is 0.00828. The number of rotatable bonds is 7. The van der Waals surface area contributed by atoms with E-state index in [0.717, 1.165) is 62.3 Å². The van der Waals surface area contributed by atoms with Crippen molar-refractivity contribution in [3.8, 4) is 5.75 Å². The molecule has 2 amide bonds. The molecule has 0 radical (unpaired) electrons. The number of aromatic nitrogens is 1. The second kappa shape index (κ2) is 10.6. The third-order valence-electron chi connectivity index (χ3n) is 6.76. The normalized spacial score (nSPS) is 21.1. The van der Waals surface area contributed by atoms with Gasteiger partial charge in [0.25, 0.3) is 5.91 Å². The van der Waals surface area contributed by atoms with Crippen molar-refractivity contribution in [3.63, 3.8) is 0 Å². The molecule has 1 aromatic heterocycles. The predicted molar refractivity (Wildman–Crippen MR) is 123 cm³/mol. The number of hydrogen-bond acceptors (Lipinski definition) is 5. The van der Waals surface area contributed by atoms with Crippen LogP contribution in [0.4, 0.5) is 13.2 Å². The van der Waals surface area contributed by atoms with E-state index in [2.05, 4.69) is 20.5 Å². The molecule has 4 rings (SSSR count). The molecule has 1 aromatic carbocycles. The van der Waals surface area contributed by atoms with Gasteiger partial charge in [-0.1, -0.05) is 6.07 Å². The predicted octanol–water partition coefficient (Wildman–Crippen LogP) is 3.37. The van der Waals surface area contributed by atoms with E-state index in [1.165, 1.54) is 12.1 Å². The minimum atomic E-state index is -4.53. The molecule has 0 bridgehead atoms. The van der Waals surface area contributed by atoms with E-state index in [1.807, 2.05) is 12.1 Å². The van der Waals surface area contributed by atoms with E-state index in [1.54, 1.807) is 13.3 Å². The first kappa shape index (κ1) is 25.0. The van der Waals surface area contributed by atoms with E-state index < -0.39 is 17.6 Å². The molecule has 2 fully saturated rings. The maximum absolute atomic E-state index is 12.8. The fraction of sp³-hybridized carbons (Fsp3) is 0.480. The van der Waals surface area contributed by atoms with E-state index in [0.29, 0.717) is 12.0 Å². The van der Waals surface area contributed by atoms with Crippen LogP contribution in [0.1, 0.15) is 53.2 Å². The molecular formula is C25H29F3N4O3. The van der Waals surface area contributed by atoms with Gasteiger partial charge in [0.2, 0.25) is 5.91 Å². The molecule has 10 heteroatoms. The highest BCUT2D eigenvalue weighted by molar-refractivity contribution is 5.96. The Balaban J connectivity index is 1.15. The molecule has 1 saturated carbocycles. The van der Waals surface area contributed by atoms with Crippen molar-refractivity contribution >= 4 is 11.8 Å². The lowest BCUT2D eigenvalue weighted by Crippen LogP contribution is -2.63. The summed E-state index contributed by atoms with van der Waals surface area (Å²) in [5.74, 6) is 0.134. The van der Waals surface area contributed by atoms with Gasteiger partial charge in [-0.3, -0.25) is 19.5 Å². The first-order valence-electron chi connectivity index (χ1n) is 11.7. The van der Waals surface area contributed by atoms with Gasteiger partial charge in [0.1, 0.15) is 5.75 Å². The Kier molecular flexibility index (Phi) is 7.59. The highest BCUT2D eigenvalue weighted by atomic mass is 19.4. The van der Waals surface area contributed by atoms with Gasteiger partial charge in [0, 0.05) is 36.3 Å². The Hall–Kier alpha value is -3.14. The van der Waals surface area contributed by atoms with Crippen LogP contribution in [0.3, 0.4) is 0 Å². The van der Waals surface area contributed by atoms with Gasteiger partial charge in [-0.15, -0.1) is 0 Å². The zero-order chi connectivity index (χ0) is 25.0. The van der Waals surface area contributed by atoms with Gasteiger partial charge in [-0.2, -0.15) is 13.2 Å². The average Bonchev–Trinajstić information content (AvgIpc) is 2.84. The van der Waals surface area contributed by atoms with Crippen LogP contribution in [0, 0.1) is 0 Å². The third-order valence-corrected chi connectivity index (χ3v) is 6.76. The monoisotopic (exact) mass is 490 g/mol. The second-order valence-corrected chi connectivity index (χ2v) is 9.11. The standard InChI is InChI=1S/C25H29F3N4O3/c1-35-21-9-10-22(29-12-21)16-5-7-20(8-6-16)32-14-19(15-32)31-23(33)13-30-24(34)17-3-2-4-18(11-17)25(26,27)28/h2-4,9-12,16,19-20H,5-8,13-15H2,1H3,(H,30,34)(H,31,33). The molecular weight excluding hydrogens is 461 g/mol. The lowest BCUT2D eigenvalue weighted by atomic mass is 9.82. The molecule has 1 aliphatic carbocycles. The molecule has 35 heavy (non-hydrogen) atoms. The smallest absolute Gasteiger partial charge is 0.416 e. The van der Waals surface area contributed by atoms with E-state index in [9.17, 15) is 22.8 Å². The molecule has 1 saturated heterocycles. The number of methoxy groups -OCH3 is 1. The molecule has 2 N–H and O–H groups in total. The van der Waals surface area contributed by atoms with Crippen LogP contribution in [0.2, 0.25) is 0 Å². The van der Waals surface area contributed by atoms with Crippen LogP contribution in [0.5, 0.6) is 5.75 Å². The number of hydrogen-bond donors (Lipinski definition) is 2. The quantitative estimate of drug-likeness (QED) is 0.622. The topological polar surface area (TPSA) is 83.6 Å². The van der Waals surface area contributed by atoms with Crippen molar-refractivity contribution in [2.75, 3.05) is 26.7 Å². The summed E-state index contributed by atoms with van der Waals surface area (Å²) in [5.41, 5.74) is 0.0616. The summed E-state index contributed by atoms with van der Waals surface area (Å²) < 4.78 is 43.6. The van der Waals surface area contributed by atoms with Crippen LogP contribution in [-0.4, -0.2) is 60.5 Å². The van der Waals surface area contributed by atoms with Gasteiger partial charge < -0.3 is 15.4 Å². The first-order chi connectivity index (χ1) is 16.7. The first-order valence-corrected chi connectivity index (χ1v) is 11.7. The summed E-state index contributed by atoms with van der Waals surface area (Å²) in [6.45, 7) is 1.22. The molecule has 188 valence electrons. The molecule has 2 aliphatic rings. The van der Waals surface area contributed by atoms with Crippen molar-refractivity contribution in [1.82, 2.24) is 20.5 Å². The van der Waals surface area contributed by atoms with Crippen molar-refractivity contribution in [2.45, 2.75) is 49.9 Å². The third kappa shape index (κ3) is 6.30. The molecule has 0 atom stereocenters. The largest absolute Gasteiger partial charge is 0.495 e. The molecule has 0 spiro atoms.